The summed E-state index contributed by atoms with van der Waals surface area (Å²) in [5.41, 5.74) is 5.58. The zero-order valence-electron chi connectivity index (χ0n) is 6.56. The second kappa shape index (κ2) is 6.03. The van der Waals surface area contributed by atoms with Gasteiger partial charge in [-0.15, -0.1) is 24.8 Å². The molecule has 5 heteroatoms. The van der Waals surface area contributed by atoms with Gasteiger partial charge in [0.1, 0.15) is 0 Å². The van der Waals surface area contributed by atoms with E-state index in [1.807, 2.05) is 7.05 Å². The Hall–Kier alpha value is 0.460. The molecule has 0 aliphatic carbocycles. The molecule has 0 radical (unpaired) electrons. The maximum Gasteiger partial charge on any atom is 0.0715 e. The lowest BCUT2D eigenvalue weighted by atomic mass is 10.0. The van der Waals surface area contributed by atoms with Crippen LogP contribution in [0, 0.1) is 0 Å². The third kappa shape index (κ3) is 4.13. The molecule has 1 fully saturated rings. The number of halogens is 2. The summed E-state index contributed by atoms with van der Waals surface area (Å²) in [5.74, 6) is 0. The Morgan fingerprint density at radius 2 is 2.00 bits per heavy atom. The summed E-state index contributed by atoms with van der Waals surface area (Å²) in [4.78, 5) is 2.14. The predicted molar refractivity (Wildman–Crippen MR) is 50.6 cm³/mol. The van der Waals surface area contributed by atoms with Gasteiger partial charge in [-0.25, -0.2) is 0 Å². The molecule has 1 aliphatic heterocycles. The molecule has 1 rings (SSSR count). The second-order valence-corrected chi connectivity index (χ2v) is 2.78. The summed E-state index contributed by atoms with van der Waals surface area (Å²) in [7, 11) is 2.02. The summed E-state index contributed by atoms with van der Waals surface area (Å²) in [5, 5.41) is 9.14. The van der Waals surface area contributed by atoms with Crippen molar-refractivity contribution in [2.24, 2.45) is 5.73 Å². The molecule has 70 valence electrons. The summed E-state index contributed by atoms with van der Waals surface area (Å²) in [6.07, 6.45) is 0.540. The third-order valence-corrected chi connectivity index (χ3v) is 1.82. The van der Waals surface area contributed by atoms with E-state index in [-0.39, 0.29) is 37.0 Å². The molecular formula is C6H16Cl2N2O. The van der Waals surface area contributed by atoms with Crippen molar-refractivity contribution in [3.8, 4) is 0 Å². The van der Waals surface area contributed by atoms with Crippen molar-refractivity contribution < 1.29 is 5.11 Å². The van der Waals surface area contributed by atoms with Gasteiger partial charge in [0.15, 0.2) is 0 Å². The van der Waals surface area contributed by atoms with Crippen LogP contribution in [0.2, 0.25) is 0 Å². The number of rotatable bonds is 0. The van der Waals surface area contributed by atoms with Gasteiger partial charge in [-0.3, -0.25) is 0 Å². The Kier molecular flexibility index (Phi) is 7.68. The first-order valence-corrected chi connectivity index (χ1v) is 3.32. The van der Waals surface area contributed by atoms with E-state index in [9.17, 15) is 0 Å². The van der Waals surface area contributed by atoms with E-state index >= 15 is 0 Å². The predicted octanol–water partition coefficient (Wildman–Crippen LogP) is -0.146. The highest BCUT2D eigenvalue weighted by Crippen LogP contribution is 2.05. The summed E-state index contributed by atoms with van der Waals surface area (Å²) in [6.45, 7) is 1.79. The van der Waals surface area contributed by atoms with Crippen molar-refractivity contribution in [1.29, 1.82) is 0 Å². The van der Waals surface area contributed by atoms with Gasteiger partial charge in [0.25, 0.3) is 0 Å². The molecule has 2 atom stereocenters. The van der Waals surface area contributed by atoms with E-state index in [2.05, 4.69) is 4.90 Å². The van der Waals surface area contributed by atoms with Crippen LogP contribution in [0.25, 0.3) is 0 Å². The van der Waals surface area contributed by atoms with Gasteiger partial charge in [0.05, 0.1) is 6.10 Å². The lowest BCUT2D eigenvalue weighted by Gasteiger charge is -2.31. The van der Waals surface area contributed by atoms with Crippen LogP contribution < -0.4 is 5.73 Å². The van der Waals surface area contributed by atoms with E-state index in [4.69, 9.17) is 10.8 Å². The molecule has 0 amide bonds. The minimum Gasteiger partial charge on any atom is -0.391 e. The molecular weight excluding hydrogens is 187 g/mol. The molecule has 0 aromatic heterocycles. The van der Waals surface area contributed by atoms with Crippen LogP contribution in [0.3, 0.4) is 0 Å². The average molecular weight is 203 g/mol. The van der Waals surface area contributed by atoms with Gasteiger partial charge < -0.3 is 15.7 Å². The highest BCUT2D eigenvalue weighted by Gasteiger charge is 2.21. The first kappa shape index (κ1) is 14.0. The number of likely N-dealkylation sites (tertiary alicyclic amines) is 1. The van der Waals surface area contributed by atoms with E-state index < -0.39 is 0 Å². The quantitative estimate of drug-likeness (QED) is 0.575. The Morgan fingerprint density at radius 1 is 1.45 bits per heavy atom. The van der Waals surface area contributed by atoms with Crippen molar-refractivity contribution in [3.05, 3.63) is 0 Å². The molecule has 0 aromatic carbocycles. The first-order valence-electron chi connectivity index (χ1n) is 3.32. The van der Waals surface area contributed by atoms with Gasteiger partial charge in [0.2, 0.25) is 0 Å². The Bertz CT molecular complexity index is 105. The van der Waals surface area contributed by atoms with Gasteiger partial charge in [-0.1, -0.05) is 0 Å². The minimum absolute atomic E-state index is 0. The number of aliphatic hydroxyl groups excluding tert-OH is 1. The van der Waals surface area contributed by atoms with Crippen molar-refractivity contribution in [2.45, 2.75) is 18.6 Å². The highest BCUT2D eigenvalue weighted by atomic mass is 35.5. The molecule has 0 unspecified atom stereocenters. The van der Waals surface area contributed by atoms with Crippen LogP contribution in [0.4, 0.5) is 0 Å². The molecule has 3 N–H and O–H groups in total. The fourth-order valence-electron chi connectivity index (χ4n) is 1.14. The molecule has 1 aliphatic rings. The Labute approximate surface area is 79.8 Å². The normalized spacial score (nSPS) is 31.9. The van der Waals surface area contributed by atoms with Crippen LogP contribution in [0.15, 0.2) is 0 Å². The summed E-state index contributed by atoms with van der Waals surface area (Å²) in [6, 6.07) is -0.0382. The molecule has 0 saturated carbocycles. The fourth-order valence-corrected chi connectivity index (χ4v) is 1.14. The van der Waals surface area contributed by atoms with Gasteiger partial charge >= 0.3 is 0 Å². The van der Waals surface area contributed by atoms with E-state index in [1.165, 1.54) is 0 Å². The molecule has 3 nitrogen and oxygen atoms in total. The average Bonchev–Trinajstić information content (AvgIpc) is 1.80. The molecule has 0 spiro atoms. The van der Waals surface area contributed by atoms with Crippen LogP contribution in [-0.2, 0) is 0 Å². The van der Waals surface area contributed by atoms with Crippen molar-refractivity contribution >= 4 is 24.8 Å². The van der Waals surface area contributed by atoms with Gasteiger partial charge in [0, 0.05) is 19.1 Å². The number of hydrogen-bond donors (Lipinski definition) is 2. The maximum absolute atomic E-state index is 9.14. The van der Waals surface area contributed by atoms with Gasteiger partial charge in [-0.05, 0) is 13.5 Å². The Balaban J connectivity index is 0. The third-order valence-electron chi connectivity index (χ3n) is 1.82. The molecule has 1 saturated heterocycles. The zero-order chi connectivity index (χ0) is 6.85. The van der Waals surface area contributed by atoms with Crippen molar-refractivity contribution in [2.75, 3.05) is 20.1 Å². The largest absolute Gasteiger partial charge is 0.391 e. The van der Waals surface area contributed by atoms with Crippen LogP contribution in [0.1, 0.15) is 6.42 Å². The summed E-state index contributed by atoms with van der Waals surface area (Å²) >= 11 is 0. The smallest absolute Gasteiger partial charge is 0.0715 e. The lowest BCUT2D eigenvalue weighted by Crippen LogP contribution is -2.49. The van der Waals surface area contributed by atoms with Gasteiger partial charge in [-0.2, -0.15) is 0 Å². The number of nitrogens with zero attached hydrogens (tertiary/aromatic N) is 1. The SMILES string of the molecule is CN1CC[C@@H](O)[C@H](N)C1.Cl.Cl. The number of nitrogens with two attached hydrogens (primary N) is 1. The van der Waals surface area contributed by atoms with E-state index in [0.717, 1.165) is 19.5 Å². The van der Waals surface area contributed by atoms with Crippen LogP contribution >= 0.6 is 24.8 Å². The number of hydrogen-bond acceptors (Lipinski definition) is 3. The maximum atomic E-state index is 9.14. The first-order chi connectivity index (χ1) is 4.20. The summed E-state index contributed by atoms with van der Waals surface area (Å²) < 4.78 is 0. The Morgan fingerprint density at radius 3 is 2.36 bits per heavy atom. The second-order valence-electron chi connectivity index (χ2n) is 2.78. The number of aliphatic hydroxyl groups is 1. The standard InChI is InChI=1S/C6H14N2O.2ClH/c1-8-3-2-6(9)5(7)4-8;;/h5-6,9H,2-4,7H2,1H3;2*1H/t5-,6-;;/m1../s1. The van der Waals surface area contributed by atoms with Crippen LogP contribution in [0.5, 0.6) is 0 Å². The number of likely N-dealkylation sites (N-methyl/N-ethyl adjacent to an activating group) is 1. The van der Waals surface area contributed by atoms with E-state index in [1.54, 1.807) is 0 Å². The fraction of sp³-hybridized carbons (Fsp3) is 1.00. The topological polar surface area (TPSA) is 49.5 Å². The minimum atomic E-state index is -0.277. The zero-order valence-corrected chi connectivity index (χ0v) is 8.20. The molecule has 0 aromatic rings. The number of piperidine rings is 1. The lowest BCUT2D eigenvalue weighted by molar-refractivity contribution is 0.0734. The highest BCUT2D eigenvalue weighted by molar-refractivity contribution is 5.85. The van der Waals surface area contributed by atoms with Crippen molar-refractivity contribution in [1.82, 2.24) is 4.90 Å². The van der Waals surface area contributed by atoms with Crippen LogP contribution in [-0.4, -0.2) is 42.3 Å². The molecule has 11 heavy (non-hydrogen) atoms. The van der Waals surface area contributed by atoms with E-state index in [0.29, 0.717) is 0 Å². The monoisotopic (exact) mass is 202 g/mol. The molecule has 1 heterocycles. The molecule has 0 bridgehead atoms. The van der Waals surface area contributed by atoms with Crippen molar-refractivity contribution in [3.63, 3.8) is 0 Å².